The van der Waals surface area contributed by atoms with E-state index in [-0.39, 0.29) is 24.1 Å². The second-order valence-corrected chi connectivity index (χ2v) is 8.36. The number of piperidine rings is 1. The lowest BCUT2D eigenvalue weighted by Crippen LogP contribution is -2.50. The number of aromatic amines is 1. The van der Waals surface area contributed by atoms with E-state index in [0.717, 1.165) is 11.1 Å². The lowest BCUT2D eigenvalue weighted by molar-refractivity contribution is -0.127. The Kier molecular flexibility index (Phi) is 6.21. The average Bonchev–Trinajstić information content (AvgIpc) is 2.81. The summed E-state index contributed by atoms with van der Waals surface area (Å²) in [5.41, 5.74) is 7.04. The maximum atomic E-state index is 13.0. The van der Waals surface area contributed by atoms with Crippen LogP contribution in [-0.4, -0.2) is 45.9 Å². The van der Waals surface area contributed by atoms with Crippen LogP contribution in [0.1, 0.15) is 44.8 Å². The molecular weight excluding hydrogens is 422 g/mol. The van der Waals surface area contributed by atoms with Crippen LogP contribution < -0.4 is 16.4 Å². The fourth-order valence-corrected chi connectivity index (χ4v) is 4.22. The Morgan fingerprint density at radius 3 is 2.45 bits per heavy atom. The summed E-state index contributed by atoms with van der Waals surface area (Å²) < 4.78 is 0. The van der Waals surface area contributed by atoms with Crippen molar-refractivity contribution >= 4 is 28.5 Å². The monoisotopic (exact) mass is 447 g/mol. The van der Waals surface area contributed by atoms with Gasteiger partial charge in [0.15, 0.2) is 5.69 Å². The summed E-state index contributed by atoms with van der Waals surface area (Å²) in [5.74, 6) is -1.58. The molecule has 33 heavy (non-hydrogen) atoms. The van der Waals surface area contributed by atoms with Crippen LogP contribution >= 0.6 is 0 Å². The predicted molar refractivity (Wildman–Crippen MR) is 123 cm³/mol. The normalized spacial score (nSPS) is 15.8. The molecule has 1 aromatic heterocycles. The van der Waals surface area contributed by atoms with Gasteiger partial charge in [0.05, 0.1) is 11.3 Å². The molecular formula is C24H25N5O4. The van der Waals surface area contributed by atoms with E-state index < -0.39 is 17.4 Å². The van der Waals surface area contributed by atoms with Crippen LogP contribution in [0.25, 0.3) is 10.8 Å². The first-order valence-electron chi connectivity index (χ1n) is 10.8. The molecule has 0 spiro atoms. The van der Waals surface area contributed by atoms with E-state index in [9.17, 15) is 19.2 Å². The average molecular weight is 447 g/mol. The van der Waals surface area contributed by atoms with Crippen LogP contribution in [-0.2, 0) is 4.79 Å². The number of hydrazine groups is 1. The van der Waals surface area contributed by atoms with Crippen LogP contribution in [0.5, 0.6) is 0 Å². The number of nitrogens with zero attached hydrogens (tertiary/aromatic N) is 2. The number of aryl methyl sites for hydroxylation is 2. The smallest absolute Gasteiger partial charge is 0.290 e. The minimum absolute atomic E-state index is 0.000709. The van der Waals surface area contributed by atoms with Crippen LogP contribution in [0.2, 0.25) is 0 Å². The molecule has 2 heterocycles. The third-order valence-corrected chi connectivity index (χ3v) is 5.76. The summed E-state index contributed by atoms with van der Waals surface area (Å²) >= 11 is 0. The number of likely N-dealkylation sites (tertiary alicyclic amines) is 1. The Hall–Kier alpha value is -4.01. The first-order chi connectivity index (χ1) is 15.8. The number of hydrogen-bond acceptors (Lipinski definition) is 5. The minimum atomic E-state index is -0.644. The van der Waals surface area contributed by atoms with Crippen LogP contribution in [0, 0.1) is 19.8 Å². The second-order valence-electron chi connectivity index (χ2n) is 8.36. The number of carbonyl (C=O) groups excluding carboxylic acids is 3. The molecule has 4 rings (SSSR count). The Bertz CT molecular complexity index is 1280. The summed E-state index contributed by atoms with van der Waals surface area (Å²) in [6.07, 6.45) is 1.30. The highest BCUT2D eigenvalue weighted by Gasteiger charge is 2.29. The zero-order chi connectivity index (χ0) is 23.5. The van der Waals surface area contributed by atoms with Gasteiger partial charge in [-0.3, -0.25) is 30.0 Å². The van der Waals surface area contributed by atoms with Crippen molar-refractivity contribution in [2.24, 2.45) is 5.92 Å². The van der Waals surface area contributed by atoms with Gasteiger partial charge in [0, 0.05) is 24.0 Å². The molecule has 1 aliphatic rings. The van der Waals surface area contributed by atoms with E-state index >= 15 is 0 Å². The number of benzene rings is 2. The molecule has 3 N–H and O–H groups in total. The van der Waals surface area contributed by atoms with E-state index in [4.69, 9.17) is 0 Å². The Morgan fingerprint density at radius 2 is 1.73 bits per heavy atom. The minimum Gasteiger partial charge on any atom is -0.338 e. The summed E-state index contributed by atoms with van der Waals surface area (Å²) in [4.78, 5) is 51.9. The molecule has 1 atom stereocenters. The summed E-state index contributed by atoms with van der Waals surface area (Å²) in [6, 6.07) is 12.3. The van der Waals surface area contributed by atoms with Gasteiger partial charge in [-0.05, 0) is 44.9 Å². The highest BCUT2D eigenvalue weighted by atomic mass is 16.2. The van der Waals surface area contributed by atoms with Crippen molar-refractivity contribution in [3.8, 4) is 0 Å². The zero-order valence-corrected chi connectivity index (χ0v) is 18.5. The molecule has 1 unspecified atom stereocenters. The molecule has 170 valence electrons. The fourth-order valence-electron chi connectivity index (χ4n) is 4.22. The lowest BCUT2D eigenvalue weighted by atomic mass is 9.96. The molecule has 9 nitrogen and oxygen atoms in total. The van der Waals surface area contributed by atoms with E-state index in [1.165, 1.54) is 0 Å². The number of H-pyrrole nitrogens is 1. The number of fused-ring (bicyclic) bond motifs is 1. The highest BCUT2D eigenvalue weighted by Crippen LogP contribution is 2.20. The number of carbonyl (C=O) groups is 3. The molecule has 3 aromatic rings. The molecule has 9 heteroatoms. The Balaban J connectivity index is 1.41. The number of amides is 3. The highest BCUT2D eigenvalue weighted by molar-refractivity contribution is 6.05. The van der Waals surface area contributed by atoms with Gasteiger partial charge in [-0.1, -0.05) is 35.4 Å². The number of rotatable bonds is 3. The molecule has 0 saturated carbocycles. The van der Waals surface area contributed by atoms with Crippen molar-refractivity contribution in [3.05, 3.63) is 75.2 Å². The van der Waals surface area contributed by atoms with Crippen LogP contribution in [0.3, 0.4) is 0 Å². The van der Waals surface area contributed by atoms with Gasteiger partial charge in [-0.2, -0.15) is 5.10 Å². The third kappa shape index (κ3) is 4.77. The second kappa shape index (κ2) is 9.23. The van der Waals surface area contributed by atoms with Crippen molar-refractivity contribution in [3.63, 3.8) is 0 Å². The van der Waals surface area contributed by atoms with Crippen molar-refractivity contribution in [1.29, 1.82) is 0 Å². The number of hydrogen-bond donors (Lipinski definition) is 3. The van der Waals surface area contributed by atoms with Crippen molar-refractivity contribution in [2.75, 3.05) is 13.1 Å². The van der Waals surface area contributed by atoms with E-state index in [1.807, 2.05) is 32.0 Å². The fraction of sp³-hybridized carbons (Fsp3) is 0.292. The predicted octanol–water partition coefficient (Wildman–Crippen LogP) is 1.85. The summed E-state index contributed by atoms with van der Waals surface area (Å²) in [5, 5.41) is 6.83. The number of nitrogens with one attached hydrogen (secondary N) is 3. The SMILES string of the molecule is Cc1cc(C)cc(C(=O)N2CCCC(C(=O)NNC(=O)c3n[nH]c(=O)c4ccccc34)C2)c1. The van der Waals surface area contributed by atoms with E-state index in [1.54, 1.807) is 29.2 Å². The quantitative estimate of drug-likeness (QED) is 0.529. The van der Waals surface area contributed by atoms with Gasteiger partial charge in [0.1, 0.15) is 0 Å². The maximum absolute atomic E-state index is 13.0. The summed E-state index contributed by atoms with van der Waals surface area (Å²) in [7, 11) is 0. The van der Waals surface area contributed by atoms with Gasteiger partial charge in [0.25, 0.3) is 17.4 Å². The van der Waals surface area contributed by atoms with Gasteiger partial charge >= 0.3 is 0 Å². The first kappa shape index (κ1) is 22.2. The van der Waals surface area contributed by atoms with Crippen molar-refractivity contribution in [2.45, 2.75) is 26.7 Å². The summed E-state index contributed by atoms with van der Waals surface area (Å²) in [6.45, 7) is 4.74. The van der Waals surface area contributed by atoms with Gasteiger partial charge in [-0.25, -0.2) is 5.10 Å². The van der Waals surface area contributed by atoms with Gasteiger partial charge in [-0.15, -0.1) is 0 Å². The van der Waals surface area contributed by atoms with Crippen LogP contribution in [0.4, 0.5) is 0 Å². The zero-order valence-electron chi connectivity index (χ0n) is 18.5. The van der Waals surface area contributed by atoms with E-state index in [0.29, 0.717) is 35.7 Å². The number of aromatic nitrogens is 2. The Labute approximate surface area is 190 Å². The molecule has 1 aliphatic heterocycles. The molecule has 0 aliphatic carbocycles. The molecule has 1 fully saturated rings. The molecule has 3 amide bonds. The van der Waals surface area contributed by atoms with Gasteiger partial charge in [0.2, 0.25) is 5.91 Å². The maximum Gasteiger partial charge on any atom is 0.290 e. The first-order valence-corrected chi connectivity index (χ1v) is 10.8. The molecule has 0 radical (unpaired) electrons. The van der Waals surface area contributed by atoms with E-state index in [2.05, 4.69) is 21.0 Å². The Morgan fingerprint density at radius 1 is 1.03 bits per heavy atom. The standard InChI is InChI=1S/C24H25N5O4/c1-14-10-15(2)12-17(11-14)24(33)29-9-5-6-16(13-29)21(30)26-28-23(32)20-18-7-3-4-8-19(18)22(31)27-25-20/h3-4,7-8,10-12,16H,5-6,9,13H2,1-2H3,(H,26,30)(H,27,31)(H,28,32). The topological polar surface area (TPSA) is 124 Å². The van der Waals surface area contributed by atoms with Crippen molar-refractivity contribution < 1.29 is 14.4 Å². The van der Waals surface area contributed by atoms with Crippen LogP contribution in [0.15, 0.2) is 47.3 Å². The third-order valence-electron chi connectivity index (χ3n) is 5.76. The molecule has 0 bridgehead atoms. The molecule has 1 saturated heterocycles. The molecule has 2 aromatic carbocycles. The lowest BCUT2D eigenvalue weighted by Gasteiger charge is -2.32. The largest absolute Gasteiger partial charge is 0.338 e. The van der Waals surface area contributed by atoms with Gasteiger partial charge < -0.3 is 4.90 Å². The van der Waals surface area contributed by atoms with Crippen molar-refractivity contribution in [1.82, 2.24) is 25.9 Å².